The van der Waals surface area contributed by atoms with Gasteiger partial charge in [-0.3, -0.25) is 0 Å². The monoisotopic (exact) mass is 285 g/mol. The quantitative estimate of drug-likeness (QED) is 0.795. The second-order valence-corrected chi connectivity index (χ2v) is 4.94. The molecule has 88 valence electrons. The van der Waals surface area contributed by atoms with Gasteiger partial charge in [0, 0.05) is 18.4 Å². The number of carbonyl (C=O) groups excluding carboxylic acids is 1. The van der Waals surface area contributed by atoms with Crippen LogP contribution in [0.2, 0.25) is 0 Å². The fraction of sp³-hybridized carbons (Fsp3) is 0.417. The number of benzene rings is 1. The van der Waals surface area contributed by atoms with Gasteiger partial charge in [-0.1, -0.05) is 28.1 Å². The molecule has 0 aromatic heterocycles. The van der Waals surface area contributed by atoms with Crippen LogP contribution in [0.3, 0.4) is 0 Å². The molecule has 0 aliphatic heterocycles. The van der Waals surface area contributed by atoms with Gasteiger partial charge in [-0.2, -0.15) is 0 Å². The Labute approximate surface area is 105 Å². The molecule has 0 bridgehead atoms. The fourth-order valence-corrected chi connectivity index (χ4v) is 1.42. The minimum atomic E-state index is -0.332. The molecule has 0 saturated carbocycles. The lowest BCUT2D eigenvalue weighted by atomic mass is 10.2. The minimum Gasteiger partial charge on any atom is -0.410 e. The Hall–Kier alpha value is -1.03. The topological polar surface area (TPSA) is 29.5 Å². The summed E-state index contributed by atoms with van der Waals surface area (Å²) in [4.78, 5) is 13.3. The molecular weight excluding hydrogens is 270 g/mol. The summed E-state index contributed by atoms with van der Waals surface area (Å²) < 4.78 is 5.22. The van der Waals surface area contributed by atoms with E-state index in [0.717, 1.165) is 5.56 Å². The SMILES string of the molecule is CCN(C)C(=O)Oc1cccc([C@@H](C)Br)c1. The number of nitrogens with zero attached hydrogens (tertiary/aromatic N) is 1. The van der Waals surface area contributed by atoms with Gasteiger partial charge in [-0.15, -0.1) is 0 Å². The molecule has 1 aromatic carbocycles. The molecule has 0 saturated heterocycles. The van der Waals surface area contributed by atoms with E-state index in [1.165, 1.54) is 4.90 Å². The molecule has 4 heteroatoms. The van der Waals surface area contributed by atoms with Crippen LogP contribution < -0.4 is 4.74 Å². The molecule has 0 heterocycles. The Bertz CT molecular complexity index is 366. The summed E-state index contributed by atoms with van der Waals surface area (Å²) in [6.45, 7) is 4.56. The smallest absolute Gasteiger partial charge is 0.410 e. The van der Waals surface area contributed by atoms with Gasteiger partial charge in [0.2, 0.25) is 0 Å². The predicted molar refractivity (Wildman–Crippen MR) is 68.1 cm³/mol. The van der Waals surface area contributed by atoms with E-state index in [2.05, 4.69) is 15.9 Å². The van der Waals surface area contributed by atoms with Crippen molar-refractivity contribution in [3.8, 4) is 5.75 Å². The van der Waals surface area contributed by atoms with Crippen molar-refractivity contribution < 1.29 is 9.53 Å². The van der Waals surface area contributed by atoms with Crippen LogP contribution in [-0.4, -0.2) is 24.6 Å². The van der Waals surface area contributed by atoms with Gasteiger partial charge < -0.3 is 9.64 Å². The van der Waals surface area contributed by atoms with Gasteiger partial charge in [0.25, 0.3) is 0 Å². The van der Waals surface area contributed by atoms with Gasteiger partial charge in [0.05, 0.1) is 0 Å². The average Bonchev–Trinajstić information content (AvgIpc) is 2.28. The number of hydrogen-bond acceptors (Lipinski definition) is 2. The number of halogens is 1. The number of rotatable bonds is 3. The van der Waals surface area contributed by atoms with Gasteiger partial charge in [0.15, 0.2) is 0 Å². The van der Waals surface area contributed by atoms with Gasteiger partial charge in [-0.05, 0) is 31.5 Å². The number of hydrogen-bond donors (Lipinski definition) is 0. The lowest BCUT2D eigenvalue weighted by Gasteiger charge is -2.14. The van der Waals surface area contributed by atoms with E-state index >= 15 is 0 Å². The van der Waals surface area contributed by atoms with Crippen LogP contribution in [0, 0.1) is 0 Å². The Morgan fingerprint density at radius 1 is 1.56 bits per heavy atom. The zero-order chi connectivity index (χ0) is 12.1. The summed E-state index contributed by atoms with van der Waals surface area (Å²) in [5, 5.41) is 0. The lowest BCUT2D eigenvalue weighted by molar-refractivity contribution is 0.165. The minimum absolute atomic E-state index is 0.245. The van der Waals surface area contributed by atoms with E-state index in [1.807, 2.05) is 32.0 Å². The third-order valence-electron chi connectivity index (χ3n) is 2.31. The number of carbonyl (C=O) groups is 1. The summed E-state index contributed by atoms with van der Waals surface area (Å²) in [6.07, 6.45) is -0.332. The predicted octanol–water partition coefficient (Wildman–Crippen LogP) is 3.59. The standard InChI is InChI=1S/C12H16BrNO2/c1-4-14(3)12(15)16-11-7-5-6-10(8-11)9(2)13/h5-9H,4H2,1-3H3/t9-/m1/s1. The summed E-state index contributed by atoms with van der Waals surface area (Å²) in [6, 6.07) is 7.50. The normalized spacial score (nSPS) is 12.0. The van der Waals surface area contributed by atoms with Crippen molar-refractivity contribution in [2.75, 3.05) is 13.6 Å². The highest BCUT2D eigenvalue weighted by molar-refractivity contribution is 9.09. The second kappa shape index (κ2) is 5.89. The van der Waals surface area contributed by atoms with Crippen LogP contribution in [0.1, 0.15) is 24.2 Å². The van der Waals surface area contributed by atoms with E-state index in [4.69, 9.17) is 4.74 Å². The third kappa shape index (κ3) is 3.52. The Morgan fingerprint density at radius 2 is 2.25 bits per heavy atom. The van der Waals surface area contributed by atoms with E-state index < -0.39 is 0 Å². The first-order valence-corrected chi connectivity index (χ1v) is 6.13. The molecule has 1 amide bonds. The molecule has 0 aliphatic carbocycles. The van der Waals surface area contributed by atoms with Crippen molar-refractivity contribution in [3.05, 3.63) is 29.8 Å². The third-order valence-corrected chi connectivity index (χ3v) is 2.84. The maximum atomic E-state index is 11.5. The molecule has 0 spiro atoms. The molecule has 0 fully saturated rings. The summed E-state index contributed by atoms with van der Waals surface area (Å²) >= 11 is 3.47. The van der Waals surface area contributed by atoms with Crippen LogP contribution in [-0.2, 0) is 0 Å². The van der Waals surface area contributed by atoms with Crippen molar-refractivity contribution in [2.24, 2.45) is 0 Å². The van der Waals surface area contributed by atoms with Gasteiger partial charge in [0.1, 0.15) is 5.75 Å². The second-order valence-electron chi connectivity index (χ2n) is 3.57. The van der Waals surface area contributed by atoms with E-state index in [9.17, 15) is 4.79 Å². The number of alkyl halides is 1. The van der Waals surface area contributed by atoms with Crippen molar-refractivity contribution in [1.29, 1.82) is 0 Å². The van der Waals surface area contributed by atoms with Crippen molar-refractivity contribution >= 4 is 22.0 Å². The Kier molecular flexibility index (Phi) is 4.80. The van der Waals surface area contributed by atoms with E-state index in [1.54, 1.807) is 13.1 Å². The zero-order valence-corrected chi connectivity index (χ0v) is 11.3. The molecule has 0 radical (unpaired) electrons. The molecular formula is C12H16BrNO2. The van der Waals surface area contributed by atoms with Crippen LogP contribution in [0.15, 0.2) is 24.3 Å². The highest BCUT2D eigenvalue weighted by atomic mass is 79.9. The summed E-state index contributed by atoms with van der Waals surface area (Å²) in [5.74, 6) is 0.578. The first kappa shape index (κ1) is 13.0. The van der Waals surface area contributed by atoms with Crippen molar-refractivity contribution in [3.63, 3.8) is 0 Å². The van der Waals surface area contributed by atoms with Gasteiger partial charge in [-0.25, -0.2) is 4.79 Å². The summed E-state index contributed by atoms with van der Waals surface area (Å²) in [5.41, 5.74) is 1.09. The van der Waals surface area contributed by atoms with E-state index in [0.29, 0.717) is 12.3 Å². The first-order chi connectivity index (χ1) is 7.54. The van der Waals surface area contributed by atoms with Crippen LogP contribution in [0.4, 0.5) is 4.79 Å². The molecule has 1 aromatic rings. The lowest BCUT2D eigenvalue weighted by Crippen LogP contribution is -2.29. The molecule has 1 atom stereocenters. The molecule has 1 rings (SSSR count). The highest BCUT2D eigenvalue weighted by Crippen LogP contribution is 2.25. The molecule has 0 unspecified atom stereocenters. The Morgan fingerprint density at radius 3 is 2.81 bits per heavy atom. The summed E-state index contributed by atoms with van der Waals surface area (Å²) in [7, 11) is 1.71. The van der Waals surface area contributed by atoms with Gasteiger partial charge >= 0.3 is 6.09 Å². The average molecular weight is 286 g/mol. The fourth-order valence-electron chi connectivity index (χ4n) is 1.13. The maximum absolute atomic E-state index is 11.5. The van der Waals surface area contributed by atoms with Crippen molar-refractivity contribution in [1.82, 2.24) is 4.90 Å². The number of amides is 1. The maximum Gasteiger partial charge on any atom is 0.414 e. The van der Waals surface area contributed by atoms with Crippen LogP contribution in [0.25, 0.3) is 0 Å². The van der Waals surface area contributed by atoms with E-state index in [-0.39, 0.29) is 10.9 Å². The Balaban J connectivity index is 2.74. The van der Waals surface area contributed by atoms with Crippen LogP contribution >= 0.6 is 15.9 Å². The molecule has 3 nitrogen and oxygen atoms in total. The highest BCUT2D eigenvalue weighted by Gasteiger charge is 2.10. The first-order valence-electron chi connectivity index (χ1n) is 5.21. The molecule has 0 N–H and O–H groups in total. The molecule has 16 heavy (non-hydrogen) atoms. The molecule has 0 aliphatic rings. The number of ether oxygens (including phenoxy) is 1. The zero-order valence-electron chi connectivity index (χ0n) is 9.74. The van der Waals surface area contributed by atoms with Crippen molar-refractivity contribution in [2.45, 2.75) is 18.7 Å². The largest absolute Gasteiger partial charge is 0.414 e. The van der Waals surface area contributed by atoms with Crippen LogP contribution in [0.5, 0.6) is 5.75 Å².